The van der Waals surface area contributed by atoms with E-state index in [0.717, 1.165) is 6.07 Å². The first kappa shape index (κ1) is 14.6. The van der Waals surface area contributed by atoms with Gasteiger partial charge in [-0.15, -0.1) is 11.6 Å². The van der Waals surface area contributed by atoms with Gasteiger partial charge in [-0.2, -0.15) is 0 Å². The molecule has 0 fully saturated rings. The van der Waals surface area contributed by atoms with E-state index in [1.54, 1.807) is 0 Å². The number of hydrogen-bond acceptors (Lipinski definition) is 5. The van der Waals surface area contributed by atoms with Gasteiger partial charge in [0, 0.05) is 17.5 Å². The van der Waals surface area contributed by atoms with Crippen LogP contribution in [0.2, 0.25) is 0 Å². The van der Waals surface area contributed by atoms with Crippen molar-refractivity contribution in [2.75, 3.05) is 11.6 Å². The SMILES string of the molecule is Nc1c(F)cc([N+](=O)[O-])cc1C(O)C(O)CCCl. The number of aliphatic hydroxyl groups is 2. The molecule has 2 atom stereocenters. The molecule has 1 rings (SSSR count). The first-order valence-corrected chi connectivity index (χ1v) is 5.57. The number of rotatable bonds is 5. The van der Waals surface area contributed by atoms with E-state index in [4.69, 9.17) is 17.3 Å². The summed E-state index contributed by atoms with van der Waals surface area (Å²) in [6.45, 7) is 0. The lowest BCUT2D eigenvalue weighted by Crippen LogP contribution is -2.20. The van der Waals surface area contributed by atoms with E-state index in [1.165, 1.54) is 0 Å². The lowest BCUT2D eigenvalue weighted by molar-refractivity contribution is -0.385. The Morgan fingerprint density at radius 3 is 2.61 bits per heavy atom. The molecule has 4 N–H and O–H groups in total. The Kier molecular flexibility index (Phi) is 4.83. The van der Waals surface area contributed by atoms with Gasteiger partial charge >= 0.3 is 0 Å². The van der Waals surface area contributed by atoms with Crippen molar-refractivity contribution >= 4 is 23.0 Å². The van der Waals surface area contributed by atoms with E-state index in [1.807, 2.05) is 0 Å². The second kappa shape index (κ2) is 5.94. The van der Waals surface area contributed by atoms with Crippen LogP contribution < -0.4 is 5.73 Å². The maximum absolute atomic E-state index is 13.4. The average molecular weight is 279 g/mol. The van der Waals surface area contributed by atoms with Crippen LogP contribution in [0.15, 0.2) is 12.1 Å². The predicted octanol–water partition coefficient (Wildman–Crippen LogP) is 1.34. The van der Waals surface area contributed by atoms with Gasteiger partial charge in [0.2, 0.25) is 0 Å². The molecule has 0 aliphatic carbocycles. The minimum Gasteiger partial charge on any atom is -0.396 e. The predicted molar refractivity (Wildman–Crippen MR) is 63.8 cm³/mol. The summed E-state index contributed by atoms with van der Waals surface area (Å²) in [5, 5.41) is 29.9. The van der Waals surface area contributed by atoms with Gasteiger partial charge in [-0.1, -0.05) is 0 Å². The third-order valence-electron chi connectivity index (χ3n) is 2.45. The molecule has 0 aliphatic heterocycles. The van der Waals surface area contributed by atoms with Crippen LogP contribution in [0.5, 0.6) is 0 Å². The molecule has 0 saturated carbocycles. The van der Waals surface area contributed by atoms with Gasteiger partial charge in [0.05, 0.1) is 22.8 Å². The Morgan fingerprint density at radius 1 is 1.50 bits per heavy atom. The van der Waals surface area contributed by atoms with Crippen LogP contribution in [0.25, 0.3) is 0 Å². The zero-order valence-corrected chi connectivity index (χ0v) is 9.97. The highest BCUT2D eigenvalue weighted by Crippen LogP contribution is 2.30. The zero-order chi connectivity index (χ0) is 13.9. The van der Waals surface area contributed by atoms with Crippen molar-refractivity contribution < 1.29 is 19.5 Å². The van der Waals surface area contributed by atoms with Crippen LogP contribution in [0.4, 0.5) is 15.8 Å². The second-order valence-corrected chi connectivity index (χ2v) is 4.06. The highest BCUT2D eigenvalue weighted by Gasteiger charge is 2.24. The van der Waals surface area contributed by atoms with Crippen LogP contribution >= 0.6 is 11.6 Å². The largest absolute Gasteiger partial charge is 0.396 e. The number of nitrogen functional groups attached to an aromatic ring is 1. The molecule has 100 valence electrons. The summed E-state index contributed by atoms with van der Waals surface area (Å²) in [6, 6.07) is 1.58. The first-order valence-electron chi connectivity index (χ1n) is 5.04. The Hall–Kier alpha value is -1.44. The van der Waals surface area contributed by atoms with Gasteiger partial charge in [-0.25, -0.2) is 4.39 Å². The van der Waals surface area contributed by atoms with Gasteiger partial charge < -0.3 is 15.9 Å². The van der Waals surface area contributed by atoms with Crippen LogP contribution in [-0.2, 0) is 0 Å². The smallest absolute Gasteiger partial charge is 0.272 e. The fourth-order valence-electron chi connectivity index (χ4n) is 1.45. The normalized spacial score (nSPS) is 14.2. The van der Waals surface area contributed by atoms with Crippen LogP contribution in [0, 0.1) is 15.9 Å². The standard InChI is InChI=1S/C10H12ClFN2O4/c11-2-1-8(15)10(16)6-3-5(14(17)18)4-7(12)9(6)13/h3-4,8,10,15-16H,1-2,13H2. The van der Waals surface area contributed by atoms with Crippen molar-refractivity contribution in [2.45, 2.75) is 18.6 Å². The summed E-state index contributed by atoms with van der Waals surface area (Å²) in [4.78, 5) is 9.75. The van der Waals surface area contributed by atoms with E-state index in [0.29, 0.717) is 6.07 Å². The Labute approximate surface area is 107 Å². The molecule has 8 heteroatoms. The van der Waals surface area contributed by atoms with Gasteiger partial charge in [0.25, 0.3) is 5.69 Å². The lowest BCUT2D eigenvalue weighted by Gasteiger charge is -2.18. The number of benzene rings is 1. The molecule has 0 saturated heterocycles. The van der Waals surface area contributed by atoms with Crippen LogP contribution in [0.3, 0.4) is 0 Å². The summed E-state index contributed by atoms with van der Waals surface area (Å²) in [6.07, 6.45) is -2.75. The van der Waals surface area contributed by atoms with Crippen LogP contribution in [-0.4, -0.2) is 27.1 Å². The summed E-state index contributed by atoms with van der Waals surface area (Å²) in [7, 11) is 0. The molecular weight excluding hydrogens is 267 g/mol. The highest BCUT2D eigenvalue weighted by molar-refractivity contribution is 6.17. The molecule has 0 amide bonds. The third kappa shape index (κ3) is 3.06. The molecular formula is C10H12ClFN2O4. The second-order valence-electron chi connectivity index (χ2n) is 3.68. The molecule has 0 heterocycles. The number of hydrogen-bond donors (Lipinski definition) is 3. The van der Waals surface area contributed by atoms with Crippen molar-refractivity contribution in [2.24, 2.45) is 0 Å². The number of anilines is 1. The lowest BCUT2D eigenvalue weighted by atomic mass is 10.00. The number of non-ortho nitro benzene ring substituents is 1. The van der Waals surface area contributed by atoms with Gasteiger partial charge in [-0.05, 0) is 6.42 Å². The van der Waals surface area contributed by atoms with E-state index in [-0.39, 0.29) is 17.9 Å². The molecule has 0 aromatic heterocycles. The van der Waals surface area contributed by atoms with Gasteiger partial charge in [0.1, 0.15) is 6.10 Å². The summed E-state index contributed by atoms with van der Waals surface area (Å²) >= 11 is 5.40. The van der Waals surface area contributed by atoms with E-state index in [9.17, 15) is 24.7 Å². The van der Waals surface area contributed by atoms with Gasteiger partial charge in [-0.3, -0.25) is 10.1 Å². The van der Waals surface area contributed by atoms with Crippen LogP contribution in [0.1, 0.15) is 18.1 Å². The van der Waals surface area contributed by atoms with Crippen molar-refractivity contribution in [3.63, 3.8) is 0 Å². The number of nitrogens with zero attached hydrogens (tertiary/aromatic N) is 1. The highest BCUT2D eigenvalue weighted by atomic mass is 35.5. The molecule has 18 heavy (non-hydrogen) atoms. The summed E-state index contributed by atoms with van der Waals surface area (Å²) in [5.41, 5.74) is 4.19. The Bertz CT molecular complexity index is 458. The summed E-state index contributed by atoms with van der Waals surface area (Å²) < 4.78 is 13.4. The number of nitro groups is 1. The number of nitro benzene ring substituents is 1. The monoisotopic (exact) mass is 278 g/mol. The molecule has 0 bridgehead atoms. The Balaban J connectivity index is 3.18. The Morgan fingerprint density at radius 2 is 2.11 bits per heavy atom. The molecule has 0 radical (unpaired) electrons. The minimum absolute atomic E-state index is 0.0481. The molecule has 0 spiro atoms. The number of aliphatic hydroxyl groups excluding tert-OH is 2. The van der Waals surface area contributed by atoms with Crippen molar-refractivity contribution in [1.82, 2.24) is 0 Å². The molecule has 2 unspecified atom stereocenters. The molecule has 1 aromatic rings. The fraction of sp³-hybridized carbons (Fsp3) is 0.400. The number of alkyl halides is 1. The molecule has 0 aliphatic rings. The minimum atomic E-state index is -1.53. The quantitative estimate of drug-likeness (QED) is 0.326. The maximum Gasteiger partial charge on any atom is 0.272 e. The number of halogens is 2. The fourth-order valence-corrected chi connectivity index (χ4v) is 1.67. The number of nitrogens with two attached hydrogens (primary N) is 1. The van der Waals surface area contributed by atoms with Crippen molar-refractivity contribution in [3.05, 3.63) is 33.6 Å². The third-order valence-corrected chi connectivity index (χ3v) is 2.66. The zero-order valence-electron chi connectivity index (χ0n) is 9.22. The molecule has 1 aromatic carbocycles. The molecule has 6 nitrogen and oxygen atoms in total. The van der Waals surface area contributed by atoms with E-state index < -0.39 is 34.3 Å². The summed E-state index contributed by atoms with van der Waals surface area (Å²) in [5.74, 6) is -0.938. The topological polar surface area (TPSA) is 110 Å². The average Bonchev–Trinajstić information content (AvgIpc) is 2.31. The van der Waals surface area contributed by atoms with Crippen molar-refractivity contribution in [1.29, 1.82) is 0 Å². The first-order chi connectivity index (χ1) is 8.38. The van der Waals surface area contributed by atoms with Gasteiger partial charge in [0.15, 0.2) is 5.82 Å². The van der Waals surface area contributed by atoms with E-state index in [2.05, 4.69) is 0 Å². The van der Waals surface area contributed by atoms with Crippen molar-refractivity contribution in [3.8, 4) is 0 Å². The van der Waals surface area contributed by atoms with E-state index >= 15 is 0 Å². The maximum atomic E-state index is 13.4.